The molecule has 0 heterocycles. The number of carbonyl (C=O) groups excluding carboxylic acids is 2. The van der Waals surface area contributed by atoms with Crippen LogP contribution in [0.5, 0.6) is 0 Å². The number of ether oxygens (including phenoxy) is 1. The van der Waals surface area contributed by atoms with E-state index < -0.39 is 11.9 Å². The maximum atomic E-state index is 11.8. The van der Waals surface area contributed by atoms with Gasteiger partial charge >= 0.3 is 5.97 Å². The molecular formula is C14H17NO3. The lowest BCUT2D eigenvalue weighted by molar-refractivity contribution is -0.136. The van der Waals surface area contributed by atoms with Crippen molar-refractivity contribution < 1.29 is 14.3 Å². The standard InChI is InChI=1S/C14H17NO3/c1-3-8-18-14(17)12(9-13(15)16)11-6-4-10(2)5-7-11/h4-7,9H,3,8H2,1-2H3,(H2,15,16)/b12-9-. The fraction of sp³-hybridized carbons (Fsp3) is 0.286. The van der Waals surface area contributed by atoms with E-state index in [0.29, 0.717) is 12.2 Å². The number of primary amides is 1. The molecule has 0 aliphatic carbocycles. The molecule has 0 atom stereocenters. The molecule has 0 spiro atoms. The van der Waals surface area contributed by atoms with Gasteiger partial charge in [-0.25, -0.2) is 4.79 Å². The first-order chi connectivity index (χ1) is 8.54. The van der Waals surface area contributed by atoms with E-state index in [1.165, 1.54) is 0 Å². The minimum absolute atomic E-state index is 0.191. The molecule has 0 radical (unpaired) electrons. The average molecular weight is 247 g/mol. The van der Waals surface area contributed by atoms with Gasteiger partial charge in [-0.3, -0.25) is 4.79 Å². The van der Waals surface area contributed by atoms with Crippen LogP contribution in [0.15, 0.2) is 30.3 Å². The van der Waals surface area contributed by atoms with Crippen LogP contribution >= 0.6 is 0 Å². The molecule has 0 saturated heterocycles. The van der Waals surface area contributed by atoms with Crippen LogP contribution in [0.1, 0.15) is 24.5 Å². The van der Waals surface area contributed by atoms with E-state index >= 15 is 0 Å². The first-order valence-corrected chi connectivity index (χ1v) is 5.80. The highest BCUT2D eigenvalue weighted by Crippen LogP contribution is 2.17. The van der Waals surface area contributed by atoms with E-state index in [-0.39, 0.29) is 5.57 Å². The lowest BCUT2D eigenvalue weighted by Crippen LogP contribution is -2.13. The van der Waals surface area contributed by atoms with Crippen LogP contribution in [0, 0.1) is 6.92 Å². The Morgan fingerprint density at radius 3 is 2.39 bits per heavy atom. The zero-order valence-corrected chi connectivity index (χ0v) is 10.6. The molecule has 0 unspecified atom stereocenters. The first kappa shape index (κ1) is 14.0. The van der Waals surface area contributed by atoms with Crippen molar-refractivity contribution >= 4 is 17.4 Å². The molecule has 4 nitrogen and oxygen atoms in total. The SMILES string of the molecule is CCCOC(=O)/C(=C\C(N)=O)c1ccc(C)cc1. The Morgan fingerprint density at radius 1 is 1.28 bits per heavy atom. The normalized spacial score (nSPS) is 11.1. The van der Waals surface area contributed by atoms with Crippen molar-refractivity contribution in [3.63, 3.8) is 0 Å². The number of esters is 1. The second-order valence-corrected chi connectivity index (χ2v) is 3.96. The minimum Gasteiger partial charge on any atom is -0.462 e. The number of carbonyl (C=O) groups is 2. The number of amides is 1. The summed E-state index contributed by atoms with van der Waals surface area (Å²) < 4.78 is 5.02. The smallest absolute Gasteiger partial charge is 0.338 e. The van der Waals surface area contributed by atoms with Gasteiger partial charge in [-0.15, -0.1) is 0 Å². The summed E-state index contributed by atoms with van der Waals surface area (Å²) in [6.07, 6.45) is 1.83. The summed E-state index contributed by atoms with van der Waals surface area (Å²) in [5.41, 5.74) is 6.99. The van der Waals surface area contributed by atoms with Gasteiger partial charge in [0, 0.05) is 6.08 Å². The van der Waals surface area contributed by atoms with E-state index in [2.05, 4.69) is 0 Å². The number of hydrogen-bond acceptors (Lipinski definition) is 3. The van der Waals surface area contributed by atoms with Crippen molar-refractivity contribution in [2.45, 2.75) is 20.3 Å². The van der Waals surface area contributed by atoms with Crippen LogP contribution < -0.4 is 5.73 Å². The van der Waals surface area contributed by atoms with Crippen LogP contribution in [0.4, 0.5) is 0 Å². The molecule has 1 rings (SSSR count). The predicted molar refractivity (Wildman–Crippen MR) is 69.6 cm³/mol. The Hall–Kier alpha value is -2.10. The fourth-order valence-corrected chi connectivity index (χ4v) is 1.41. The van der Waals surface area contributed by atoms with E-state index in [4.69, 9.17) is 10.5 Å². The lowest BCUT2D eigenvalue weighted by Gasteiger charge is -2.07. The molecule has 1 aromatic carbocycles. The summed E-state index contributed by atoms with van der Waals surface area (Å²) in [6, 6.07) is 7.24. The number of nitrogens with two attached hydrogens (primary N) is 1. The van der Waals surface area contributed by atoms with Crippen molar-refractivity contribution in [1.29, 1.82) is 0 Å². The van der Waals surface area contributed by atoms with E-state index in [1.54, 1.807) is 12.1 Å². The molecule has 1 aromatic rings. The molecule has 96 valence electrons. The summed E-state index contributed by atoms with van der Waals surface area (Å²) in [5.74, 6) is -1.20. The van der Waals surface area contributed by atoms with Crippen LogP contribution in [-0.4, -0.2) is 18.5 Å². The Morgan fingerprint density at radius 2 is 1.89 bits per heavy atom. The van der Waals surface area contributed by atoms with Gasteiger partial charge in [0.25, 0.3) is 0 Å². The number of hydrogen-bond donors (Lipinski definition) is 1. The van der Waals surface area contributed by atoms with Gasteiger partial charge in [0.05, 0.1) is 12.2 Å². The summed E-state index contributed by atoms with van der Waals surface area (Å²) in [5, 5.41) is 0. The van der Waals surface area contributed by atoms with Crippen molar-refractivity contribution in [3.8, 4) is 0 Å². The van der Waals surface area contributed by atoms with Crippen LogP contribution in [0.3, 0.4) is 0 Å². The summed E-state index contributed by atoms with van der Waals surface area (Å²) >= 11 is 0. The van der Waals surface area contributed by atoms with E-state index in [1.807, 2.05) is 26.0 Å². The summed E-state index contributed by atoms with van der Waals surface area (Å²) in [6.45, 7) is 4.16. The lowest BCUT2D eigenvalue weighted by atomic mass is 10.0. The molecule has 1 amide bonds. The van der Waals surface area contributed by atoms with Gasteiger partial charge < -0.3 is 10.5 Å². The van der Waals surface area contributed by atoms with E-state index in [0.717, 1.165) is 18.1 Å². The second-order valence-electron chi connectivity index (χ2n) is 3.96. The highest BCUT2D eigenvalue weighted by molar-refractivity contribution is 6.20. The zero-order chi connectivity index (χ0) is 13.5. The molecule has 4 heteroatoms. The molecule has 18 heavy (non-hydrogen) atoms. The topological polar surface area (TPSA) is 69.4 Å². The van der Waals surface area contributed by atoms with Crippen molar-refractivity contribution in [1.82, 2.24) is 0 Å². The Bertz CT molecular complexity index is 460. The second kappa shape index (κ2) is 6.59. The molecule has 0 bridgehead atoms. The number of benzene rings is 1. The Kier molecular flexibility index (Phi) is 5.11. The molecule has 0 aliphatic heterocycles. The summed E-state index contributed by atoms with van der Waals surface area (Å²) in [4.78, 5) is 22.8. The number of rotatable bonds is 5. The van der Waals surface area contributed by atoms with Gasteiger partial charge in [-0.2, -0.15) is 0 Å². The third kappa shape index (κ3) is 4.05. The van der Waals surface area contributed by atoms with Gasteiger partial charge in [-0.05, 0) is 18.9 Å². The highest BCUT2D eigenvalue weighted by Gasteiger charge is 2.14. The van der Waals surface area contributed by atoms with Gasteiger partial charge in [0.15, 0.2) is 0 Å². The van der Waals surface area contributed by atoms with Crippen molar-refractivity contribution in [3.05, 3.63) is 41.5 Å². The highest BCUT2D eigenvalue weighted by atomic mass is 16.5. The van der Waals surface area contributed by atoms with Crippen LogP contribution in [-0.2, 0) is 14.3 Å². The maximum Gasteiger partial charge on any atom is 0.338 e. The molecule has 0 saturated carbocycles. The third-order valence-electron chi connectivity index (χ3n) is 2.31. The molecule has 0 aliphatic rings. The van der Waals surface area contributed by atoms with Crippen LogP contribution in [0.25, 0.3) is 5.57 Å². The largest absolute Gasteiger partial charge is 0.462 e. The fourth-order valence-electron chi connectivity index (χ4n) is 1.41. The molecule has 2 N–H and O–H groups in total. The summed E-state index contributed by atoms with van der Waals surface area (Å²) in [7, 11) is 0. The third-order valence-corrected chi connectivity index (χ3v) is 2.31. The zero-order valence-electron chi connectivity index (χ0n) is 10.6. The number of aryl methyl sites for hydroxylation is 1. The van der Waals surface area contributed by atoms with E-state index in [9.17, 15) is 9.59 Å². The quantitative estimate of drug-likeness (QED) is 0.637. The van der Waals surface area contributed by atoms with Crippen molar-refractivity contribution in [2.75, 3.05) is 6.61 Å². The van der Waals surface area contributed by atoms with Crippen molar-refractivity contribution in [2.24, 2.45) is 5.73 Å². The Balaban J connectivity index is 3.02. The molecular weight excluding hydrogens is 230 g/mol. The minimum atomic E-state index is -0.668. The van der Waals surface area contributed by atoms with Gasteiger partial charge in [0.2, 0.25) is 5.91 Å². The van der Waals surface area contributed by atoms with Crippen LogP contribution in [0.2, 0.25) is 0 Å². The monoisotopic (exact) mass is 247 g/mol. The predicted octanol–water partition coefficient (Wildman–Crippen LogP) is 1.82. The van der Waals surface area contributed by atoms with Gasteiger partial charge in [-0.1, -0.05) is 36.8 Å². The molecule has 0 aromatic heterocycles. The first-order valence-electron chi connectivity index (χ1n) is 5.80. The van der Waals surface area contributed by atoms with Gasteiger partial charge in [0.1, 0.15) is 0 Å². The molecule has 0 fully saturated rings. The average Bonchev–Trinajstić information content (AvgIpc) is 2.34. The maximum absolute atomic E-state index is 11.8. The Labute approximate surface area is 106 Å².